The number of ether oxygens (including phenoxy) is 1. The van der Waals surface area contributed by atoms with E-state index in [9.17, 15) is 4.79 Å². The minimum absolute atomic E-state index is 0.104. The Bertz CT molecular complexity index is 625. The van der Waals surface area contributed by atoms with Gasteiger partial charge < -0.3 is 14.4 Å². The van der Waals surface area contributed by atoms with Gasteiger partial charge in [0, 0.05) is 12.8 Å². The third kappa shape index (κ3) is 4.49. The fourth-order valence-electron chi connectivity index (χ4n) is 1.80. The first kappa shape index (κ1) is 16.4. The van der Waals surface area contributed by atoms with Gasteiger partial charge in [-0.25, -0.2) is 0 Å². The predicted molar refractivity (Wildman–Crippen MR) is 84.1 cm³/mol. The number of nitrogens with zero attached hydrogens (tertiary/aromatic N) is 3. The van der Waals surface area contributed by atoms with Crippen LogP contribution in [0.3, 0.4) is 0 Å². The largest absolute Gasteiger partial charge is 0.486 e. The van der Waals surface area contributed by atoms with Gasteiger partial charge in [-0.2, -0.15) is 0 Å². The molecule has 118 valence electrons. The van der Waals surface area contributed by atoms with E-state index in [-0.39, 0.29) is 6.42 Å². The van der Waals surface area contributed by atoms with Crippen LogP contribution in [-0.2, 0) is 24.9 Å². The van der Waals surface area contributed by atoms with E-state index < -0.39 is 5.97 Å². The van der Waals surface area contributed by atoms with Gasteiger partial charge >= 0.3 is 5.97 Å². The number of carbonyl (C=O) groups is 1. The molecule has 1 aromatic heterocycles. The summed E-state index contributed by atoms with van der Waals surface area (Å²) in [5.74, 6) is 1.16. The molecule has 0 bridgehead atoms. The first-order valence-electron chi connectivity index (χ1n) is 7.04. The van der Waals surface area contributed by atoms with Gasteiger partial charge in [0.2, 0.25) is 0 Å². The maximum atomic E-state index is 10.5. The highest BCUT2D eigenvalue weighted by molar-refractivity contribution is 7.99. The summed E-state index contributed by atoms with van der Waals surface area (Å²) in [5, 5.41) is 17.5. The number of hydrogen-bond acceptors (Lipinski definition) is 5. The maximum absolute atomic E-state index is 10.5. The molecule has 0 atom stereocenters. The number of hydrogen-bond donors (Lipinski definition) is 1. The number of carboxylic acid groups (broad SMARTS) is 1. The molecule has 0 unspecified atom stereocenters. The summed E-state index contributed by atoms with van der Waals surface area (Å²) in [6, 6.07) is 7.97. The Morgan fingerprint density at radius 1 is 1.32 bits per heavy atom. The lowest BCUT2D eigenvalue weighted by molar-refractivity contribution is -0.136. The van der Waals surface area contributed by atoms with Crippen molar-refractivity contribution in [2.45, 2.75) is 31.5 Å². The molecule has 6 nitrogen and oxygen atoms in total. The zero-order valence-electron chi connectivity index (χ0n) is 12.7. The monoisotopic (exact) mass is 321 g/mol. The molecule has 0 saturated heterocycles. The first-order valence-corrected chi connectivity index (χ1v) is 8.03. The van der Waals surface area contributed by atoms with E-state index in [1.54, 1.807) is 0 Å². The molecule has 22 heavy (non-hydrogen) atoms. The minimum atomic E-state index is -0.811. The molecular formula is C15H19N3O3S. The normalized spacial score (nSPS) is 10.6. The number of rotatable bonds is 8. The van der Waals surface area contributed by atoms with Gasteiger partial charge in [0.25, 0.3) is 0 Å². The van der Waals surface area contributed by atoms with E-state index in [0.717, 1.165) is 12.2 Å². The van der Waals surface area contributed by atoms with Crippen molar-refractivity contribution < 1.29 is 14.6 Å². The Morgan fingerprint density at radius 3 is 2.68 bits per heavy atom. The molecule has 0 fully saturated rings. The van der Waals surface area contributed by atoms with E-state index in [4.69, 9.17) is 9.84 Å². The van der Waals surface area contributed by atoms with Crippen LogP contribution in [0.1, 0.15) is 24.7 Å². The van der Waals surface area contributed by atoms with Crippen molar-refractivity contribution in [1.29, 1.82) is 0 Å². The van der Waals surface area contributed by atoms with Gasteiger partial charge in [-0.15, -0.1) is 10.2 Å². The van der Waals surface area contributed by atoms with E-state index in [1.807, 2.05) is 35.9 Å². The molecule has 0 radical (unpaired) electrons. The smallest absolute Gasteiger partial charge is 0.304 e. The molecule has 0 aliphatic rings. The SMILES string of the molecule is CCc1ccc(OCc2nnc(SCCC(=O)O)n2C)cc1. The molecule has 1 N–H and O–H groups in total. The zero-order valence-corrected chi connectivity index (χ0v) is 13.5. The summed E-state index contributed by atoms with van der Waals surface area (Å²) in [5.41, 5.74) is 1.27. The van der Waals surface area contributed by atoms with Crippen LogP contribution in [0.2, 0.25) is 0 Å². The summed E-state index contributed by atoms with van der Waals surface area (Å²) in [7, 11) is 1.85. The average molecular weight is 321 g/mol. The average Bonchev–Trinajstić information content (AvgIpc) is 2.86. The Balaban J connectivity index is 1.89. The molecule has 1 aromatic carbocycles. The Hall–Kier alpha value is -2.02. The third-order valence-electron chi connectivity index (χ3n) is 3.17. The molecule has 7 heteroatoms. The van der Waals surface area contributed by atoms with Gasteiger partial charge in [0.1, 0.15) is 12.4 Å². The van der Waals surface area contributed by atoms with E-state index >= 15 is 0 Å². The van der Waals surface area contributed by atoms with Gasteiger partial charge in [-0.3, -0.25) is 4.79 Å². The lowest BCUT2D eigenvalue weighted by Gasteiger charge is -2.07. The molecule has 0 spiro atoms. The van der Waals surface area contributed by atoms with Crippen LogP contribution in [0.4, 0.5) is 0 Å². The molecule has 2 rings (SSSR count). The highest BCUT2D eigenvalue weighted by Gasteiger charge is 2.10. The van der Waals surface area contributed by atoms with Crippen LogP contribution in [-0.4, -0.2) is 31.6 Å². The summed E-state index contributed by atoms with van der Waals surface area (Å²) >= 11 is 1.38. The Labute approximate surface area is 133 Å². The van der Waals surface area contributed by atoms with Crippen LogP contribution in [0.5, 0.6) is 5.75 Å². The standard InChI is InChI=1S/C15H19N3O3S/c1-3-11-4-6-12(7-5-11)21-10-13-16-17-15(18(13)2)22-9-8-14(19)20/h4-7H,3,8-10H2,1-2H3,(H,19,20). The summed E-state index contributed by atoms with van der Waals surface area (Å²) in [6.45, 7) is 2.44. The number of aliphatic carboxylic acids is 1. The van der Waals surface area contributed by atoms with Crippen molar-refractivity contribution in [2.75, 3.05) is 5.75 Å². The van der Waals surface area contributed by atoms with Gasteiger partial charge in [0.05, 0.1) is 6.42 Å². The minimum Gasteiger partial charge on any atom is -0.486 e. The van der Waals surface area contributed by atoms with Gasteiger partial charge in [-0.1, -0.05) is 30.8 Å². The molecule has 0 aliphatic carbocycles. The van der Waals surface area contributed by atoms with E-state index in [0.29, 0.717) is 23.3 Å². The number of thioether (sulfide) groups is 1. The highest BCUT2D eigenvalue weighted by Crippen LogP contribution is 2.18. The third-order valence-corrected chi connectivity index (χ3v) is 4.19. The summed E-state index contributed by atoms with van der Waals surface area (Å²) < 4.78 is 7.53. The highest BCUT2D eigenvalue weighted by atomic mass is 32.2. The van der Waals surface area contributed by atoms with E-state index in [2.05, 4.69) is 17.1 Å². The Morgan fingerprint density at radius 2 is 2.05 bits per heavy atom. The zero-order chi connectivity index (χ0) is 15.9. The van der Waals surface area contributed by atoms with Crippen LogP contribution in [0.25, 0.3) is 0 Å². The molecule has 0 amide bonds. The molecule has 0 aliphatic heterocycles. The first-order chi connectivity index (χ1) is 10.6. The van der Waals surface area contributed by atoms with Crippen molar-refractivity contribution in [3.05, 3.63) is 35.7 Å². The van der Waals surface area contributed by atoms with Gasteiger partial charge in [-0.05, 0) is 24.1 Å². The molecule has 2 aromatic rings. The second-order valence-corrected chi connectivity index (χ2v) is 5.80. The van der Waals surface area contributed by atoms with Crippen molar-refractivity contribution in [1.82, 2.24) is 14.8 Å². The number of aromatic nitrogens is 3. The van der Waals surface area contributed by atoms with Crippen LogP contribution in [0.15, 0.2) is 29.4 Å². The van der Waals surface area contributed by atoms with Crippen LogP contribution in [0, 0.1) is 0 Å². The van der Waals surface area contributed by atoms with Crippen LogP contribution >= 0.6 is 11.8 Å². The molecule has 1 heterocycles. The van der Waals surface area contributed by atoms with Crippen LogP contribution < -0.4 is 4.74 Å². The van der Waals surface area contributed by atoms with Gasteiger partial charge in [0.15, 0.2) is 11.0 Å². The lowest BCUT2D eigenvalue weighted by Crippen LogP contribution is -2.04. The Kier molecular flexibility index (Phi) is 5.83. The number of benzene rings is 1. The summed E-state index contributed by atoms with van der Waals surface area (Å²) in [6.07, 6.45) is 1.10. The second kappa shape index (κ2) is 7.84. The van der Waals surface area contributed by atoms with Crippen molar-refractivity contribution in [2.24, 2.45) is 7.05 Å². The summed E-state index contributed by atoms with van der Waals surface area (Å²) in [4.78, 5) is 10.5. The quantitative estimate of drug-likeness (QED) is 0.753. The maximum Gasteiger partial charge on any atom is 0.304 e. The number of carboxylic acids is 1. The predicted octanol–water partition coefficient (Wildman–Crippen LogP) is 2.52. The topological polar surface area (TPSA) is 77.2 Å². The van der Waals surface area contributed by atoms with E-state index in [1.165, 1.54) is 17.3 Å². The van der Waals surface area contributed by atoms with Crippen molar-refractivity contribution in [3.63, 3.8) is 0 Å². The van der Waals surface area contributed by atoms with Crippen molar-refractivity contribution in [3.8, 4) is 5.75 Å². The molecule has 0 saturated carbocycles. The lowest BCUT2D eigenvalue weighted by atomic mass is 10.2. The fraction of sp³-hybridized carbons (Fsp3) is 0.400. The molecular weight excluding hydrogens is 302 g/mol. The second-order valence-electron chi connectivity index (χ2n) is 4.74. The number of aryl methyl sites for hydroxylation is 1. The van der Waals surface area contributed by atoms with Crippen molar-refractivity contribution >= 4 is 17.7 Å². The fourth-order valence-corrected chi connectivity index (χ4v) is 2.65.